The lowest BCUT2D eigenvalue weighted by Gasteiger charge is -2.11. The third-order valence-corrected chi connectivity index (χ3v) is 3.67. The average molecular weight is 309 g/mol. The van der Waals surface area contributed by atoms with Gasteiger partial charge in [-0.2, -0.15) is 5.10 Å². The van der Waals surface area contributed by atoms with E-state index < -0.39 is 5.97 Å². The average Bonchev–Trinajstić information content (AvgIpc) is 2.72. The van der Waals surface area contributed by atoms with E-state index in [2.05, 4.69) is 5.10 Å². The van der Waals surface area contributed by atoms with Gasteiger partial charge in [-0.1, -0.05) is 23.2 Å². The minimum absolute atomic E-state index is 0.144. The number of nitrogens with zero attached hydrogens (tertiary/aromatic N) is 2. The Hall–Kier alpha value is -2.01. The molecule has 0 fully saturated rings. The van der Waals surface area contributed by atoms with Crippen molar-refractivity contribution in [3.63, 3.8) is 0 Å². The van der Waals surface area contributed by atoms with Crippen LogP contribution in [0.1, 0.15) is 34.2 Å². The highest BCUT2D eigenvalue weighted by atomic mass is 35.5. The Morgan fingerprint density at radius 2 is 2.14 bits per heavy atom. The van der Waals surface area contributed by atoms with E-state index in [1.807, 2.05) is 26.8 Å². The Balaban J connectivity index is 2.27. The normalized spacial score (nSPS) is 10.7. The van der Waals surface area contributed by atoms with Crippen molar-refractivity contribution in [2.75, 3.05) is 0 Å². The van der Waals surface area contributed by atoms with Crippen LogP contribution in [0.5, 0.6) is 5.75 Å². The Morgan fingerprint density at radius 1 is 1.43 bits per heavy atom. The van der Waals surface area contributed by atoms with E-state index in [0.29, 0.717) is 17.3 Å². The van der Waals surface area contributed by atoms with Crippen molar-refractivity contribution < 1.29 is 14.6 Å². The molecule has 0 unspecified atom stereocenters. The predicted molar refractivity (Wildman–Crippen MR) is 80.1 cm³/mol. The van der Waals surface area contributed by atoms with Crippen molar-refractivity contribution in [2.24, 2.45) is 0 Å². The summed E-state index contributed by atoms with van der Waals surface area (Å²) in [5, 5.41) is 14.1. The van der Waals surface area contributed by atoms with Gasteiger partial charge in [0, 0.05) is 6.54 Å². The van der Waals surface area contributed by atoms with Crippen molar-refractivity contribution in [3.8, 4) is 5.75 Å². The molecule has 0 bridgehead atoms. The van der Waals surface area contributed by atoms with Gasteiger partial charge in [0.1, 0.15) is 17.9 Å². The molecule has 0 aliphatic rings. The minimum atomic E-state index is -1.01. The highest BCUT2D eigenvalue weighted by Gasteiger charge is 2.16. The van der Waals surface area contributed by atoms with Crippen molar-refractivity contribution in [2.45, 2.75) is 33.9 Å². The second-order valence-corrected chi connectivity index (χ2v) is 5.13. The number of carbonyl (C=O) groups is 1. The first-order valence-corrected chi connectivity index (χ1v) is 7.00. The highest BCUT2D eigenvalue weighted by Crippen LogP contribution is 2.25. The molecular formula is C15H17ClN2O3. The smallest absolute Gasteiger partial charge is 0.339 e. The zero-order chi connectivity index (χ0) is 15.6. The van der Waals surface area contributed by atoms with Crippen molar-refractivity contribution >= 4 is 17.6 Å². The fourth-order valence-corrected chi connectivity index (χ4v) is 2.28. The maximum absolute atomic E-state index is 11.3. The van der Waals surface area contributed by atoms with Crippen LogP contribution in [0, 0.1) is 13.8 Å². The lowest BCUT2D eigenvalue weighted by Crippen LogP contribution is -2.08. The number of carboxylic acids is 1. The number of carboxylic acid groups (broad SMARTS) is 1. The second kappa shape index (κ2) is 6.18. The van der Waals surface area contributed by atoms with Gasteiger partial charge in [-0.3, -0.25) is 4.68 Å². The molecule has 2 rings (SSSR count). The van der Waals surface area contributed by atoms with E-state index in [4.69, 9.17) is 16.3 Å². The molecule has 0 aliphatic heterocycles. The standard InChI is InChI=1S/C15H17ClN2O3/c1-4-18-12(14(16)10(3)17-18)8-21-13-6-5-9(2)7-11(13)15(19)20/h5-7H,4,8H2,1-3H3,(H,19,20). The molecule has 0 saturated heterocycles. The van der Waals surface area contributed by atoms with Crippen LogP contribution >= 0.6 is 11.6 Å². The highest BCUT2D eigenvalue weighted by molar-refractivity contribution is 6.31. The Bertz CT molecular complexity index is 680. The van der Waals surface area contributed by atoms with E-state index in [1.54, 1.807) is 16.8 Å². The first-order valence-electron chi connectivity index (χ1n) is 6.62. The van der Waals surface area contributed by atoms with Gasteiger partial charge < -0.3 is 9.84 Å². The third kappa shape index (κ3) is 3.19. The summed E-state index contributed by atoms with van der Waals surface area (Å²) in [6.45, 7) is 6.47. The van der Waals surface area contributed by atoms with Gasteiger partial charge in [0.2, 0.25) is 0 Å². The maximum Gasteiger partial charge on any atom is 0.339 e. The molecule has 5 nitrogen and oxygen atoms in total. The topological polar surface area (TPSA) is 64.4 Å². The Labute approximate surface area is 128 Å². The molecule has 1 heterocycles. The van der Waals surface area contributed by atoms with Crippen LogP contribution in [0.2, 0.25) is 5.02 Å². The quantitative estimate of drug-likeness (QED) is 0.919. The van der Waals surface area contributed by atoms with Gasteiger partial charge in [0.25, 0.3) is 0 Å². The lowest BCUT2D eigenvalue weighted by atomic mass is 10.1. The molecule has 0 spiro atoms. The molecule has 1 aromatic carbocycles. The fraction of sp³-hybridized carbons (Fsp3) is 0.333. The van der Waals surface area contributed by atoms with Crippen LogP contribution in [0.3, 0.4) is 0 Å². The van der Waals surface area contributed by atoms with E-state index >= 15 is 0 Å². The second-order valence-electron chi connectivity index (χ2n) is 4.76. The number of halogens is 1. The first-order chi connectivity index (χ1) is 9.93. The molecule has 2 aromatic rings. The number of aromatic nitrogens is 2. The number of benzene rings is 1. The van der Waals surface area contributed by atoms with Crippen LogP contribution in [0.15, 0.2) is 18.2 Å². The maximum atomic E-state index is 11.3. The number of ether oxygens (including phenoxy) is 1. The summed E-state index contributed by atoms with van der Waals surface area (Å²) in [6, 6.07) is 5.06. The molecule has 0 aliphatic carbocycles. The third-order valence-electron chi connectivity index (χ3n) is 3.18. The summed E-state index contributed by atoms with van der Waals surface area (Å²) in [6.07, 6.45) is 0. The molecule has 0 atom stereocenters. The van der Waals surface area contributed by atoms with Gasteiger partial charge in [-0.15, -0.1) is 0 Å². The number of hydrogen-bond acceptors (Lipinski definition) is 3. The van der Waals surface area contributed by atoms with Gasteiger partial charge >= 0.3 is 5.97 Å². The van der Waals surface area contributed by atoms with E-state index in [0.717, 1.165) is 17.0 Å². The van der Waals surface area contributed by atoms with Crippen LogP contribution in [0.25, 0.3) is 0 Å². The first kappa shape index (κ1) is 15.4. The molecule has 1 N–H and O–H groups in total. The number of aryl methyl sites for hydroxylation is 3. The Morgan fingerprint density at radius 3 is 2.76 bits per heavy atom. The largest absolute Gasteiger partial charge is 0.486 e. The number of rotatable bonds is 5. The summed E-state index contributed by atoms with van der Waals surface area (Å²) in [5.74, 6) is -0.689. The number of aromatic carboxylic acids is 1. The molecule has 6 heteroatoms. The van der Waals surface area contributed by atoms with Gasteiger partial charge in [0.15, 0.2) is 0 Å². The molecule has 1 aromatic heterocycles. The van der Waals surface area contributed by atoms with Crippen molar-refractivity contribution in [3.05, 3.63) is 45.7 Å². The number of hydrogen-bond donors (Lipinski definition) is 1. The van der Waals surface area contributed by atoms with Gasteiger partial charge in [-0.05, 0) is 32.9 Å². The summed E-state index contributed by atoms with van der Waals surface area (Å²) in [7, 11) is 0. The molecule has 0 saturated carbocycles. The van der Waals surface area contributed by atoms with Crippen molar-refractivity contribution in [1.82, 2.24) is 9.78 Å². The zero-order valence-corrected chi connectivity index (χ0v) is 12.9. The summed E-state index contributed by atoms with van der Waals surface area (Å²) in [5.41, 5.74) is 2.49. The minimum Gasteiger partial charge on any atom is -0.486 e. The van der Waals surface area contributed by atoms with E-state index in [9.17, 15) is 9.90 Å². The van der Waals surface area contributed by atoms with E-state index in [1.165, 1.54) is 0 Å². The predicted octanol–water partition coefficient (Wildman–Crippen LogP) is 3.45. The summed E-state index contributed by atoms with van der Waals surface area (Å²) < 4.78 is 7.41. The van der Waals surface area contributed by atoms with E-state index in [-0.39, 0.29) is 12.2 Å². The van der Waals surface area contributed by atoms with Crippen LogP contribution < -0.4 is 4.74 Å². The van der Waals surface area contributed by atoms with Crippen LogP contribution in [-0.4, -0.2) is 20.9 Å². The SMILES string of the molecule is CCn1nc(C)c(Cl)c1COc1ccc(C)cc1C(=O)O. The molecular weight excluding hydrogens is 292 g/mol. The molecule has 21 heavy (non-hydrogen) atoms. The molecule has 112 valence electrons. The summed E-state index contributed by atoms with van der Waals surface area (Å²) in [4.78, 5) is 11.3. The summed E-state index contributed by atoms with van der Waals surface area (Å²) >= 11 is 6.21. The lowest BCUT2D eigenvalue weighted by molar-refractivity contribution is 0.0691. The fourth-order valence-electron chi connectivity index (χ4n) is 2.09. The van der Waals surface area contributed by atoms with Crippen LogP contribution in [0.4, 0.5) is 0 Å². The van der Waals surface area contributed by atoms with Crippen LogP contribution in [-0.2, 0) is 13.2 Å². The Kier molecular flexibility index (Phi) is 4.53. The molecule has 0 amide bonds. The van der Waals surface area contributed by atoms with Gasteiger partial charge in [0.05, 0.1) is 16.4 Å². The van der Waals surface area contributed by atoms with Gasteiger partial charge in [-0.25, -0.2) is 4.79 Å². The molecule has 0 radical (unpaired) electrons. The van der Waals surface area contributed by atoms with Crippen molar-refractivity contribution in [1.29, 1.82) is 0 Å². The monoisotopic (exact) mass is 308 g/mol. The zero-order valence-electron chi connectivity index (χ0n) is 12.2.